The van der Waals surface area contributed by atoms with Crippen LogP contribution in [0.5, 0.6) is 0 Å². The van der Waals surface area contributed by atoms with E-state index < -0.39 is 22.2 Å². The molecular weight excluding hydrogens is 184 g/mol. The molecule has 2 N–H and O–H groups in total. The van der Waals surface area contributed by atoms with Crippen LogP contribution in [0.2, 0.25) is 0 Å². The van der Waals surface area contributed by atoms with Gasteiger partial charge in [0.15, 0.2) is 0 Å². The van der Waals surface area contributed by atoms with Gasteiger partial charge in [-0.3, -0.25) is 0 Å². The SMILES string of the molecule is C[C@H]([NH2+]S(=O)(=O)N(C)C)C(=O)[O-]. The molecule has 0 rings (SSSR count). The van der Waals surface area contributed by atoms with E-state index in [1.165, 1.54) is 21.0 Å². The molecule has 72 valence electrons. The molecule has 0 fully saturated rings. The summed E-state index contributed by atoms with van der Waals surface area (Å²) in [7, 11) is -0.901. The zero-order valence-corrected chi connectivity index (χ0v) is 7.96. The quantitative estimate of drug-likeness (QED) is 0.504. The van der Waals surface area contributed by atoms with Crippen LogP contribution in [-0.4, -0.2) is 38.8 Å². The van der Waals surface area contributed by atoms with Gasteiger partial charge in [0.2, 0.25) is 0 Å². The van der Waals surface area contributed by atoms with E-state index in [1.807, 2.05) is 0 Å². The molecule has 0 saturated carbocycles. The van der Waals surface area contributed by atoms with E-state index in [-0.39, 0.29) is 0 Å². The van der Waals surface area contributed by atoms with Crippen LogP contribution in [0.4, 0.5) is 0 Å². The summed E-state index contributed by atoms with van der Waals surface area (Å²) in [5, 5.41) is 10.2. The molecule has 0 aromatic carbocycles. The minimum absolute atomic E-state index is 0.738. The van der Waals surface area contributed by atoms with E-state index in [0.29, 0.717) is 0 Å². The molecule has 7 heteroatoms. The molecule has 0 aliphatic rings. The lowest BCUT2D eigenvalue weighted by atomic mass is 10.4. The van der Waals surface area contributed by atoms with E-state index in [4.69, 9.17) is 0 Å². The average molecular weight is 196 g/mol. The van der Waals surface area contributed by atoms with Gasteiger partial charge in [-0.15, -0.1) is 0 Å². The minimum atomic E-state index is -3.55. The van der Waals surface area contributed by atoms with Crippen molar-refractivity contribution in [1.29, 1.82) is 0 Å². The first-order chi connectivity index (χ1) is 5.27. The van der Waals surface area contributed by atoms with Crippen molar-refractivity contribution in [1.82, 2.24) is 4.31 Å². The molecule has 0 saturated heterocycles. The zero-order valence-electron chi connectivity index (χ0n) is 7.14. The van der Waals surface area contributed by atoms with E-state index in [1.54, 1.807) is 0 Å². The lowest BCUT2D eigenvalue weighted by Gasteiger charge is -2.14. The molecule has 0 bridgehead atoms. The summed E-state index contributed by atoms with van der Waals surface area (Å²) in [5.74, 6) is -1.40. The number of carbonyl (C=O) groups excluding carboxylic acids is 1. The van der Waals surface area contributed by atoms with Gasteiger partial charge < -0.3 is 9.90 Å². The van der Waals surface area contributed by atoms with Crippen molar-refractivity contribution in [2.75, 3.05) is 14.1 Å². The van der Waals surface area contributed by atoms with Crippen molar-refractivity contribution in [3.05, 3.63) is 0 Å². The lowest BCUT2D eigenvalue weighted by Crippen LogP contribution is -2.96. The summed E-state index contributed by atoms with van der Waals surface area (Å²) in [6.07, 6.45) is 0. The highest BCUT2D eigenvalue weighted by atomic mass is 32.2. The van der Waals surface area contributed by atoms with Gasteiger partial charge >= 0.3 is 10.2 Å². The van der Waals surface area contributed by atoms with Crippen molar-refractivity contribution in [2.24, 2.45) is 0 Å². The Labute approximate surface area is 71.4 Å². The highest BCUT2D eigenvalue weighted by Crippen LogP contribution is 1.80. The van der Waals surface area contributed by atoms with E-state index in [0.717, 1.165) is 9.03 Å². The number of aliphatic carboxylic acids is 1. The highest BCUT2D eigenvalue weighted by molar-refractivity contribution is 7.82. The fourth-order valence-electron chi connectivity index (χ4n) is 0.435. The maximum absolute atomic E-state index is 11.0. The van der Waals surface area contributed by atoms with Crippen molar-refractivity contribution in [3.8, 4) is 0 Å². The summed E-state index contributed by atoms with van der Waals surface area (Å²) in [4.78, 5) is 10.2. The standard InChI is InChI=1S/C5H12N2O4S/c1-4(5(8)9)6-12(10,11)7(2)3/h4,6H,1-3H3,(H,8,9)/t4-/m0/s1. The number of hydrogen-bond donors (Lipinski definition) is 1. The summed E-state index contributed by atoms with van der Waals surface area (Å²) < 4.78 is 23.7. The fraction of sp³-hybridized carbons (Fsp3) is 0.800. The van der Waals surface area contributed by atoms with Gasteiger partial charge in [0.1, 0.15) is 12.0 Å². The maximum Gasteiger partial charge on any atom is 0.369 e. The highest BCUT2D eigenvalue weighted by Gasteiger charge is 2.21. The number of nitrogens with zero attached hydrogens (tertiary/aromatic N) is 1. The molecule has 0 spiro atoms. The van der Waals surface area contributed by atoms with Crippen LogP contribution in [0.25, 0.3) is 0 Å². The van der Waals surface area contributed by atoms with Gasteiger partial charge in [-0.25, -0.2) is 4.72 Å². The largest absolute Gasteiger partial charge is 0.544 e. The molecule has 0 amide bonds. The first-order valence-corrected chi connectivity index (χ1v) is 4.76. The molecule has 6 nitrogen and oxygen atoms in total. The van der Waals surface area contributed by atoms with Crippen LogP contribution in [0.15, 0.2) is 0 Å². The van der Waals surface area contributed by atoms with Crippen LogP contribution in [0.1, 0.15) is 6.92 Å². The van der Waals surface area contributed by atoms with Crippen LogP contribution >= 0.6 is 0 Å². The molecule has 0 heterocycles. The number of rotatable bonds is 4. The normalized spacial score (nSPS) is 14.7. The molecule has 0 aliphatic heterocycles. The van der Waals surface area contributed by atoms with E-state index in [2.05, 4.69) is 0 Å². The van der Waals surface area contributed by atoms with Crippen molar-refractivity contribution in [3.63, 3.8) is 0 Å². The second-order valence-electron chi connectivity index (χ2n) is 2.57. The van der Waals surface area contributed by atoms with Gasteiger partial charge in [0.05, 0.1) is 0 Å². The number of carbonyl (C=O) groups is 1. The topological polar surface area (TPSA) is 94.1 Å². The van der Waals surface area contributed by atoms with Gasteiger partial charge in [0, 0.05) is 14.1 Å². The van der Waals surface area contributed by atoms with Crippen LogP contribution in [-0.2, 0) is 15.0 Å². The summed E-state index contributed by atoms with van der Waals surface area (Å²) in [6.45, 7) is 1.25. The first kappa shape index (κ1) is 11.3. The van der Waals surface area contributed by atoms with Crippen molar-refractivity contribution >= 4 is 16.2 Å². The smallest absolute Gasteiger partial charge is 0.369 e. The number of nitrogens with two attached hydrogens (primary N) is 1. The monoisotopic (exact) mass is 196 g/mol. The van der Waals surface area contributed by atoms with Crippen molar-refractivity contribution in [2.45, 2.75) is 13.0 Å². The minimum Gasteiger partial charge on any atom is -0.544 e. The number of carboxylic acid groups (broad SMARTS) is 1. The van der Waals surface area contributed by atoms with Crippen LogP contribution < -0.4 is 9.83 Å². The van der Waals surface area contributed by atoms with E-state index in [9.17, 15) is 18.3 Å². The maximum atomic E-state index is 11.0. The summed E-state index contributed by atoms with van der Waals surface area (Å²) in [5.41, 5.74) is 0. The third kappa shape index (κ3) is 3.16. The third-order valence-corrected chi connectivity index (χ3v) is 3.03. The average Bonchev–Trinajstić information content (AvgIpc) is 1.85. The second kappa shape index (κ2) is 3.83. The Hall–Kier alpha value is -0.660. The van der Waals surface area contributed by atoms with Gasteiger partial charge in [-0.1, -0.05) is 0 Å². The van der Waals surface area contributed by atoms with Crippen molar-refractivity contribution < 1.29 is 23.0 Å². The lowest BCUT2D eigenvalue weighted by molar-refractivity contribution is -0.539. The molecule has 0 aromatic heterocycles. The fourth-order valence-corrected chi connectivity index (χ4v) is 1.31. The van der Waals surface area contributed by atoms with E-state index >= 15 is 0 Å². The third-order valence-electron chi connectivity index (χ3n) is 1.26. The van der Waals surface area contributed by atoms with Crippen LogP contribution in [0.3, 0.4) is 0 Å². The Kier molecular flexibility index (Phi) is 3.62. The number of carboxylic acids is 1. The molecule has 12 heavy (non-hydrogen) atoms. The molecular formula is C5H12N2O4S. The first-order valence-electron chi connectivity index (χ1n) is 3.25. The Balaban J connectivity index is 4.37. The van der Waals surface area contributed by atoms with Crippen LogP contribution in [0, 0.1) is 0 Å². The van der Waals surface area contributed by atoms with Gasteiger partial charge in [-0.05, 0) is 6.92 Å². The summed E-state index contributed by atoms with van der Waals surface area (Å²) >= 11 is 0. The Morgan fingerprint density at radius 2 is 1.92 bits per heavy atom. The second-order valence-corrected chi connectivity index (χ2v) is 4.60. The zero-order chi connectivity index (χ0) is 9.94. The molecule has 0 unspecified atom stereocenters. The molecule has 0 aliphatic carbocycles. The Morgan fingerprint density at radius 3 is 2.17 bits per heavy atom. The number of hydrogen-bond acceptors (Lipinski definition) is 4. The number of quaternary nitrogens is 1. The Bertz CT molecular complexity index is 259. The summed E-state index contributed by atoms with van der Waals surface area (Å²) in [6, 6.07) is -1.10. The van der Waals surface area contributed by atoms with Gasteiger partial charge in [0.25, 0.3) is 0 Å². The Morgan fingerprint density at radius 1 is 1.50 bits per heavy atom. The predicted molar refractivity (Wildman–Crippen MR) is 39.0 cm³/mol. The van der Waals surface area contributed by atoms with Gasteiger partial charge in [-0.2, -0.15) is 12.7 Å². The predicted octanol–water partition coefficient (Wildman–Crippen LogP) is -3.51. The molecule has 1 atom stereocenters. The molecule has 0 radical (unpaired) electrons. The molecule has 0 aromatic rings.